The van der Waals surface area contributed by atoms with Crippen LogP contribution in [0.5, 0.6) is 0 Å². The molecule has 4 aromatic heterocycles. The summed E-state index contributed by atoms with van der Waals surface area (Å²) in [5, 5.41) is 6.87. The molecule has 0 aliphatic rings. The van der Waals surface area contributed by atoms with Gasteiger partial charge in [-0.25, -0.2) is 0 Å². The lowest BCUT2D eigenvalue weighted by molar-refractivity contribution is 1.30. The van der Waals surface area contributed by atoms with E-state index in [1.54, 1.807) is 0 Å². The molecule has 5 nitrogen and oxygen atoms in total. The van der Waals surface area contributed by atoms with E-state index < -0.39 is 0 Å². The van der Waals surface area contributed by atoms with Gasteiger partial charge in [-0.05, 0) is 66.7 Å². The molecule has 4 heterocycles. The van der Waals surface area contributed by atoms with Gasteiger partial charge in [-0.15, -0.1) is 0 Å². The summed E-state index contributed by atoms with van der Waals surface area (Å²) < 4.78 is 4.55. The second-order valence-corrected chi connectivity index (χ2v) is 12.8. The Morgan fingerprint density at radius 2 is 0.755 bits per heavy atom. The topological polar surface area (TPSA) is 46.2 Å². The van der Waals surface area contributed by atoms with Gasteiger partial charge in [0, 0.05) is 54.5 Å². The molecule has 0 radical (unpaired) electrons. The van der Waals surface area contributed by atoms with Gasteiger partial charge in [0.2, 0.25) is 0 Å². The Labute approximate surface area is 278 Å². The fourth-order valence-electron chi connectivity index (χ4n) is 8.40. The number of pyridine rings is 2. The lowest BCUT2D eigenvalue weighted by Gasteiger charge is -2.27. The highest BCUT2D eigenvalue weighted by atomic mass is 16.1. The Hall–Kier alpha value is -6.72. The summed E-state index contributed by atoms with van der Waals surface area (Å²) in [4.78, 5) is 30.4. The smallest absolute Gasteiger partial charge is 0.197 e. The van der Waals surface area contributed by atoms with Crippen molar-refractivity contribution >= 4 is 93.3 Å². The van der Waals surface area contributed by atoms with E-state index in [1.165, 1.54) is 0 Å². The zero-order valence-electron chi connectivity index (χ0n) is 26.1. The summed E-state index contributed by atoms with van der Waals surface area (Å²) in [6.45, 7) is 0. The number of para-hydroxylation sites is 6. The Morgan fingerprint density at radius 1 is 0.367 bits per heavy atom. The molecule has 0 fully saturated rings. The van der Waals surface area contributed by atoms with Gasteiger partial charge in [-0.3, -0.25) is 9.59 Å². The van der Waals surface area contributed by atoms with Gasteiger partial charge in [0.25, 0.3) is 0 Å². The van der Waals surface area contributed by atoms with Crippen molar-refractivity contribution in [2.45, 2.75) is 0 Å². The highest BCUT2D eigenvalue weighted by Gasteiger charge is 2.28. The van der Waals surface area contributed by atoms with Gasteiger partial charge in [0.15, 0.2) is 10.9 Å². The minimum Gasteiger partial charge on any atom is -0.309 e. The second-order valence-electron chi connectivity index (χ2n) is 12.8. The van der Waals surface area contributed by atoms with Crippen LogP contribution in [0.4, 0.5) is 17.1 Å². The molecule has 0 aliphatic carbocycles. The number of rotatable bonds is 3. The van der Waals surface area contributed by atoms with E-state index in [0.29, 0.717) is 21.5 Å². The molecule has 228 valence electrons. The maximum atomic E-state index is 14.0. The fourth-order valence-corrected chi connectivity index (χ4v) is 8.40. The summed E-state index contributed by atoms with van der Waals surface area (Å²) in [7, 11) is 0. The molecule has 0 N–H and O–H groups in total. The van der Waals surface area contributed by atoms with Crippen molar-refractivity contribution in [3.63, 3.8) is 0 Å². The van der Waals surface area contributed by atoms with Crippen LogP contribution in [0.3, 0.4) is 0 Å². The van der Waals surface area contributed by atoms with E-state index in [-0.39, 0.29) is 10.9 Å². The first-order valence-electron chi connectivity index (χ1n) is 16.5. The molecular formula is C44H25N3O2. The Bertz CT molecular complexity index is 3040. The molecule has 0 aliphatic heterocycles. The highest BCUT2D eigenvalue weighted by molar-refractivity contribution is 6.32. The maximum Gasteiger partial charge on any atom is 0.197 e. The van der Waals surface area contributed by atoms with Crippen molar-refractivity contribution in [3.8, 4) is 0 Å². The summed E-state index contributed by atoms with van der Waals surface area (Å²) in [6.07, 6.45) is 0. The van der Waals surface area contributed by atoms with E-state index in [4.69, 9.17) is 0 Å². The molecule has 0 saturated heterocycles. The Balaban J connectivity index is 1.52. The summed E-state index contributed by atoms with van der Waals surface area (Å²) in [6, 6.07) is 51.2. The van der Waals surface area contributed by atoms with Crippen LogP contribution >= 0.6 is 0 Å². The zero-order chi connectivity index (χ0) is 32.4. The molecule has 0 spiro atoms. The van der Waals surface area contributed by atoms with E-state index in [0.717, 1.165) is 71.7 Å². The second kappa shape index (κ2) is 9.43. The van der Waals surface area contributed by atoms with Crippen molar-refractivity contribution in [3.05, 3.63) is 172 Å². The number of benzene rings is 7. The first-order chi connectivity index (χ1) is 24.2. The van der Waals surface area contributed by atoms with E-state index in [1.807, 2.05) is 84.9 Å². The van der Waals surface area contributed by atoms with Crippen molar-refractivity contribution in [2.24, 2.45) is 0 Å². The number of fused-ring (bicyclic) bond motifs is 10. The molecule has 0 bridgehead atoms. The molecule has 7 aromatic carbocycles. The first kappa shape index (κ1) is 26.4. The first-order valence-corrected chi connectivity index (χ1v) is 16.5. The molecule has 0 amide bonds. The number of anilines is 3. The molecule has 0 unspecified atom stereocenters. The lowest BCUT2D eigenvalue weighted by Crippen LogP contribution is -2.11. The molecule has 49 heavy (non-hydrogen) atoms. The standard InChI is InChI=1S/C44H25N3O2/c48-43-28-17-7-9-23-34(28)46-36-25-37-39(31-20-12-22-33-41(31)47(37)35-24-10-8-18-29(35)44(33)49)42(38(36)30-19-11-21-32(43)40(30)46)45(26-13-3-1-4-14-26)27-15-5-2-6-16-27/h1-25H. The van der Waals surface area contributed by atoms with Crippen LogP contribution in [0.1, 0.15) is 0 Å². The van der Waals surface area contributed by atoms with Gasteiger partial charge in [0.1, 0.15) is 0 Å². The number of hydrogen-bond donors (Lipinski definition) is 0. The highest BCUT2D eigenvalue weighted by Crippen LogP contribution is 2.51. The Kier molecular flexibility index (Phi) is 5.07. The average molecular weight is 628 g/mol. The number of aromatic nitrogens is 2. The largest absolute Gasteiger partial charge is 0.309 e. The van der Waals surface area contributed by atoms with Crippen molar-refractivity contribution in [1.29, 1.82) is 0 Å². The van der Waals surface area contributed by atoms with Crippen LogP contribution in [0.25, 0.3) is 76.2 Å². The minimum atomic E-state index is 0.0343. The van der Waals surface area contributed by atoms with Gasteiger partial charge >= 0.3 is 0 Å². The van der Waals surface area contributed by atoms with E-state index in [9.17, 15) is 9.59 Å². The summed E-state index contributed by atoms with van der Waals surface area (Å²) in [5.41, 5.74) is 8.65. The molecule has 0 saturated carbocycles. The quantitative estimate of drug-likeness (QED) is 0.183. The average Bonchev–Trinajstić information content (AvgIpc) is 3.67. The van der Waals surface area contributed by atoms with Gasteiger partial charge in [0.05, 0.1) is 38.8 Å². The molecular weight excluding hydrogens is 603 g/mol. The fraction of sp³-hybridized carbons (Fsp3) is 0. The predicted molar refractivity (Wildman–Crippen MR) is 203 cm³/mol. The van der Waals surface area contributed by atoms with Crippen LogP contribution in [-0.2, 0) is 0 Å². The third kappa shape index (κ3) is 3.28. The van der Waals surface area contributed by atoms with Gasteiger partial charge < -0.3 is 13.7 Å². The molecule has 11 rings (SSSR count). The Morgan fingerprint density at radius 3 is 1.22 bits per heavy atom. The molecule has 11 aromatic rings. The van der Waals surface area contributed by atoms with E-state index in [2.05, 4.69) is 80.4 Å². The normalized spacial score (nSPS) is 12.2. The number of hydrogen-bond acceptors (Lipinski definition) is 3. The van der Waals surface area contributed by atoms with Crippen molar-refractivity contribution < 1.29 is 0 Å². The van der Waals surface area contributed by atoms with Crippen molar-refractivity contribution in [2.75, 3.05) is 4.90 Å². The summed E-state index contributed by atoms with van der Waals surface area (Å²) >= 11 is 0. The molecule has 0 atom stereocenters. The van der Waals surface area contributed by atoms with Crippen molar-refractivity contribution in [1.82, 2.24) is 8.80 Å². The maximum absolute atomic E-state index is 14.0. The van der Waals surface area contributed by atoms with Crippen LogP contribution in [-0.4, -0.2) is 8.80 Å². The molecule has 5 heteroatoms. The third-order valence-electron chi connectivity index (χ3n) is 10.3. The predicted octanol–water partition coefficient (Wildman–Crippen LogP) is 10.2. The van der Waals surface area contributed by atoms with E-state index >= 15 is 0 Å². The SMILES string of the molecule is O=c1c2ccccc2n2c3cc4c(c(N(c5ccccc5)c5ccccc5)c3c3cccc1c32)c1cccc2c(=O)c3ccccc3n4c21. The zero-order valence-corrected chi connectivity index (χ0v) is 26.1. The van der Waals surface area contributed by atoms with Crippen LogP contribution in [0, 0.1) is 0 Å². The van der Waals surface area contributed by atoms with Crippen LogP contribution in [0.2, 0.25) is 0 Å². The summed E-state index contributed by atoms with van der Waals surface area (Å²) in [5.74, 6) is 0. The van der Waals surface area contributed by atoms with Gasteiger partial charge in [-0.1, -0.05) is 84.9 Å². The number of nitrogens with zero attached hydrogens (tertiary/aromatic N) is 3. The monoisotopic (exact) mass is 627 g/mol. The van der Waals surface area contributed by atoms with Crippen LogP contribution < -0.4 is 15.8 Å². The van der Waals surface area contributed by atoms with Crippen LogP contribution in [0.15, 0.2) is 161 Å². The third-order valence-corrected chi connectivity index (χ3v) is 10.3. The minimum absolute atomic E-state index is 0.0343. The lowest BCUT2D eigenvalue weighted by atomic mass is 10.0. The van der Waals surface area contributed by atoms with Gasteiger partial charge in [-0.2, -0.15) is 0 Å².